The third-order valence-corrected chi connectivity index (χ3v) is 5.01. The predicted molar refractivity (Wildman–Crippen MR) is 87.1 cm³/mol. The van der Waals surface area contributed by atoms with Crippen molar-refractivity contribution in [2.75, 3.05) is 25.9 Å². The molecule has 1 aromatic heterocycles. The van der Waals surface area contributed by atoms with Gasteiger partial charge in [0.15, 0.2) is 0 Å². The largest absolute Gasteiger partial charge is 0.496 e. The van der Waals surface area contributed by atoms with Crippen molar-refractivity contribution < 1.29 is 9.53 Å². The fraction of sp³-hybridized carbons (Fsp3) is 0.312. The molecule has 0 saturated heterocycles. The first kappa shape index (κ1) is 13.9. The number of fused-ring (bicyclic) bond motifs is 1. The number of rotatable bonds is 2. The van der Waals surface area contributed by atoms with Crippen molar-refractivity contribution in [3.8, 4) is 5.75 Å². The van der Waals surface area contributed by atoms with E-state index in [-0.39, 0.29) is 5.91 Å². The van der Waals surface area contributed by atoms with Crippen LogP contribution >= 0.6 is 11.3 Å². The van der Waals surface area contributed by atoms with Gasteiger partial charge < -0.3 is 15.4 Å². The SMILES string of the molecule is COc1cccc2sc(C(=O)N3CC=C(C)CC3)c(N)c12. The van der Waals surface area contributed by atoms with E-state index in [1.807, 2.05) is 23.1 Å². The fourth-order valence-corrected chi connectivity index (χ4v) is 3.68. The summed E-state index contributed by atoms with van der Waals surface area (Å²) in [5, 5.41) is 0.845. The molecule has 2 heterocycles. The van der Waals surface area contributed by atoms with E-state index in [0.29, 0.717) is 17.1 Å². The first-order chi connectivity index (χ1) is 10.1. The monoisotopic (exact) mass is 302 g/mol. The number of hydrogen-bond donors (Lipinski definition) is 1. The Bertz CT molecular complexity index is 733. The van der Waals surface area contributed by atoms with Gasteiger partial charge in [-0.05, 0) is 25.5 Å². The van der Waals surface area contributed by atoms with Crippen molar-refractivity contribution in [3.05, 3.63) is 34.7 Å². The zero-order chi connectivity index (χ0) is 15.0. The maximum atomic E-state index is 12.7. The fourth-order valence-electron chi connectivity index (χ4n) is 2.57. The Morgan fingerprint density at radius 2 is 2.24 bits per heavy atom. The Hall–Kier alpha value is -2.01. The second-order valence-electron chi connectivity index (χ2n) is 5.23. The van der Waals surface area contributed by atoms with Crippen LogP contribution in [-0.4, -0.2) is 31.0 Å². The van der Waals surface area contributed by atoms with Gasteiger partial charge in [-0.25, -0.2) is 0 Å². The molecular weight excluding hydrogens is 284 g/mol. The van der Waals surface area contributed by atoms with Crippen LogP contribution in [0.1, 0.15) is 23.0 Å². The van der Waals surface area contributed by atoms with E-state index in [1.165, 1.54) is 16.9 Å². The van der Waals surface area contributed by atoms with Crippen LogP contribution in [-0.2, 0) is 0 Å². The third-order valence-electron chi connectivity index (χ3n) is 3.85. The Balaban J connectivity index is 2.01. The maximum Gasteiger partial charge on any atom is 0.266 e. The maximum absolute atomic E-state index is 12.7. The lowest BCUT2D eigenvalue weighted by Crippen LogP contribution is -2.34. The van der Waals surface area contributed by atoms with Crippen LogP contribution in [0.5, 0.6) is 5.75 Å². The van der Waals surface area contributed by atoms with Crippen LogP contribution in [0.15, 0.2) is 29.8 Å². The number of nitrogen functional groups attached to an aromatic ring is 1. The lowest BCUT2D eigenvalue weighted by atomic mass is 10.1. The van der Waals surface area contributed by atoms with E-state index in [1.54, 1.807) is 7.11 Å². The van der Waals surface area contributed by atoms with Crippen molar-refractivity contribution in [3.63, 3.8) is 0 Å². The van der Waals surface area contributed by atoms with Crippen molar-refractivity contribution in [2.24, 2.45) is 0 Å². The van der Waals surface area contributed by atoms with Crippen LogP contribution in [0, 0.1) is 0 Å². The number of ether oxygens (including phenoxy) is 1. The molecule has 21 heavy (non-hydrogen) atoms. The van der Waals surface area contributed by atoms with E-state index in [2.05, 4.69) is 13.0 Å². The topological polar surface area (TPSA) is 55.6 Å². The molecule has 0 fully saturated rings. The van der Waals surface area contributed by atoms with Crippen molar-refractivity contribution in [1.82, 2.24) is 4.90 Å². The van der Waals surface area contributed by atoms with E-state index >= 15 is 0 Å². The minimum atomic E-state index is 0.0134. The first-order valence-electron chi connectivity index (χ1n) is 6.91. The van der Waals surface area contributed by atoms with E-state index in [0.717, 1.165) is 28.8 Å². The number of methoxy groups -OCH3 is 1. The smallest absolute Gasteiger partial charge is 0.266 e. The molecule has 1 aliphatic rings. The molecule has 1 amide bonds. The molecule has 1 aliphatic heterocycles. The summed E-state index contributed by atoms with van der Waals surface area (Å²) in [7, 11) is 1.62. The summed E-state index contributed by atoms with van der Waals surface area (Å²) < 4.78 is 6.34. The molecule has 0 atom stereocenters. The molecule has 5 heteroatoms. The van der Waals surface area contributed by atoms with Gasteiger partial charge in [-0.1, -0.05) is 17.7 Å². The van der Waals surface area contributed by atoms with Gasteiger partial charge in [-0.15, -0.1) is 11.3 Å². The highest BCUT2D eigenvalue weighted by atomic mass is 32.1. The van der Waals surface area contributed by atoms with Crippen molar-refractivity contribution in [2.45, 2.75) is 13.3 Å². The second kappa shape index (κ2) is 5.41. The summed E-state index contributed by atoms with van der Waals surface area (Å²) in [6.07, 6.45) is 3.03. The molecule has 0 saturated carbocycles. The number of carbonyl (C=O) groups excluding carboxylic acids is 1. The van der Waals surface area contributed by atoms with Crippen LogP contribution in [0.4, 0.5) is 5.69 Å². The van der Waals surface area contributed by atoms with Gasteiger partial charge in [0.1, 0.15) is 10.6 Å². The zero-order valence-electron chi connectivity index (χ0n) is 12.2. The van der Waals surface area contributed by atoms with Gasteiger partial charge in [0.05, 0.1) is 18.2 Å². The highest BCUT2D eigenvalue weighted by Crippen LogP contribution is 2.40. The number of hydrogen-bond acceptors (Lipinski definition) is 4. The summed E-state index contributed by atoms with van der Waals surface area (Å²) in [6, 6.07) is 5.75. The normalized spacial score (nSPS) is 15.1. The number of anilines is 1. The Labute approximate surface area is 127 Å². The van der Waals surface area contributed by atoms with E-state index in [9.17, 15) is 4.79 Å². The predicted octanol–water partition coefficient (Wildman–Crippen LogP) is 3.28. The number of nitrogens with zero attached hydrogens (tertiary/aromatic N) is 1. The molecule has 1 aromatic carbocycles. The highest BCUT2D eigenvalue weighted by molar-refractivity contribution is 7.21. The van der Waals surface area contributed by atoms with Gasteiger partial charge in [-0.2, -0.15) is 0 Å². The summed E-state index contributed by atoms with van der Waals surface area (Å²) >= 11 is 1.44. The summed E-state index contributed by atoms with van der Waals surface area (Å²) in [4.78, 5) is 15.1. The van der Waals surface area contributed by atoms with Crippen molar-refractivity contribution in [1.29, 1.82) is 0 Å². The van der Waals surface area contributed by atoms with Crippen molar-refractivity contribution >= 4 is 33.0 Å². The second-order valence-corrected chi connectivity index (χ2v) is 6.28. The molecule has 0 aliphatic carbocycles. The van der Waals surface area contributed by atoms with Crippen LogP contribution in [0.25, 0.3) is 10.1 Å². The lowest BCUT2D eigenvalue weighted by Gasteiger charge is -2.25. The summed E-state index contributed by atoms with van der Waals surface area (Å²) in [6.45, 7) is 3.52. The minimum Gasteiger partial charge on any atom is -0.496 e. The average molecular weight is 302 g/mol. The van der Waals surface area contributed by atoms with E-state index in [4.69, 9.17) is 10.5 Å². The molecule has 0 bridgehead atoms. The Kier molecular flexibility index (Phi) is 3.59. The zero-order valence-corrected chi connectivity index (χ0v) is 13.0. The molecule has 2 aromatic rings. The van der Waals surface area contributed by atoms with E-state index < -0.39 is 0 Å². The van der Waals surface area contributed by atoms with Gasteiger partial charge in [0.25, 0.3) is 5.91 Å². The average Bonchev–Trinajstić information content (AvgIpc) is 2.84. The molecule has 0 unspecified atom stereocenters. The first-order valence-corrected chi connectivity index (χ1v) is 7.73. The molecular formula is C16H18N2O2S. The van der Waals surface area contributed by atoms with Crippen LogP contribution in [0.2, 0.25) is 0 Å². The number of thiophene rings is 1. The molecule has 3 rings (SSSR count). The number of benzene rings is 1. The highest BCUT2D eigenvalue weighted by Gasteiger charge is 2.24. The molecule has 4 nitrogen and oxygen atoms in total. The number of nitrogens with two attached hydrogens (primary N) is 1. The lowest BCUT2D eigenvalue weighted by molar-refractivity contribution is 0.0775. The number of carbonyl (C=O) groups is 1. The minimum absolute atomic E-state index is 0.0134. The van der Waals surface area contributed by atoms with Gasteiger partial charge in [-0.3, -0.25) is 4.79 Å². The molecule has 2 N–H and O–H groups in total. The van der Waals surface area contributed by atoms with Gasteiger partial charge in [0.2, 0.25) is 0 Å². The van der Waals surface area contributed by atoms with Crippen LogP contribution < -0.4 is 10.5 Å². The standard InChI is InChI=1S/C16H18N2O2S/c1-10-6-8-18(9-7-10)16(19)15-14(17)13-11(20-2)4-3-5-12(13)21-15/h3-6H,7-9,17H2,1-2H3. The number of amides is 1. The Morgan fingerprint density at radius 1 is 1.43 bits per heavy atom. The molecule has 0 spiro atoms. The summed E-state index contributed by atoms with van der Waals surface area (Å²) in [5.74, 6) is 0.731. The Morgan fingerprint density at radius 3 is 2.90 bits per heavy atom. The van der Waals surface area contributed by atoms with Crippen LogP contribution in [0.3, 0.4) is 0 Å². The van der Waals surface area contributed by atoms with Gasteiger partial charge >= 0.3 is 0 Å². The molecule has 110 valence electrons. The summed E-state index contributed by atoms with van der Waals surface area (Å²) in [5.41, 5.74) is 8.09. The van der Waals surface area contributed by atoms with Gasteiger partial charge in [0, 0.05) is 17.8 Å². The molecule has 0 radical (unpaired) electrons. The third kappa shape index (κ3) is 2.38. The quantitative estimate of drug-likeness (QED) is 0.866.